The zero-order chi connectivity index (χ0) is 14.4. The second-order valence-corrected chi connectivity index (χ2v) is 5.39. The third kappa shape index (κ3) is 5.30. The molecule has 1 aromatic carbocycles. The van der Waals surface area contributed by atoms with Crippen LogP contribution in [0.5, 0.6) is 0 Å². The second kappa shape index (κ2) is 7.14. The van der Waals surface area contributed by atoms with E-state index >= 15 is 0 Å². The highest BCUT2D eigenvalue weighted by atomic mass is 16.2. The lowest BCUT2D eigenvalue weighted by atomic mass is 9.97. The summed E-state index contributed by atoms with van der Waals surface area (Å²) < 4.78 is 0. The van der Waals surface area contributed by atoms with Crippen molar-refractivity contribution in [3.63, 3.8) is 0 Å². The van der Waals surface area contributed by atoms with Gasteiger partial charge in [-0.2, -0.15) is 0 Å². The minimum absolute atomic E-state index is 0.186. The molecule has 0 aliphatic rings. The second-order valence-electron chi connectivity index (χ2n) is 5.39. The van der Waals surface area contributed by atoms with Crippen LogP contribution in [0.3, 0.4) is 0 Å². The molecule has 0 spiro atoms. The van der Waals surface area contributed by atoms with Crippen LogP contribution < -0.4 is 5.73 Å². The van der Waals surface area contributed by atoms with Crippen molar-refractivity contribution in [1.29, 1.82) is 0 Å². The van der Waals surface area contributed by atoms with Gasteiger partial charge in [-0.25, -0.2) is 0 Å². The van der Waals surface area contributed by atoms with Gasteiger partial charge in [0, 0.05) is 32.2 Å². The molecular formula is C15H25N3O. The van der Waals surface area contributed by atoms with Gasteiger partial charge in [-0.15, -0.1) is 0 Å². The first-order valence-electron chi connectivity index (χ1n) is 6.64. The lowest BCUT2D eigenvalue weighted by Gasteiger charge is -2.21. The Hall–Kier alpha value is -1.55. The van der Waals surface area contributed by atoms with Gasteiger partial charge in [-0.05, 0) is 37.7 Å². The predicted octanol–water partition coefficient (Wildman–Crippen LogP) is 1.78. The summed E-state index contributed by atoms with van der Waals surface area (Å²) in [4.78, 5) is 16.0. The van der Waals surface area contributed by atoms with Gasteiger partial charge in [-0.1, -0.05) is 19.1 Å². The molecule has 1 amide bonds. The topological polar surface area (TPSA) is 49.6 Å². The minimum Gasteiger partial charge on any atom is -0.399 e. The fourth-order valence-electron chi connectivity index (χ4n) is 1.83. The van der Waals surface area contributed by atoms with E-state index < -0.39 is 0 Å². The van der Waals surface area contributed by atoms with E-state index in [1.54, 1.807) is 4.90 Å². The Bertz CT molecular complexity index is 400. The van der Waals surface area contributed by atoms with Crippen molar-refractivity contribution in [2.75, 3.05) is 40.0 Å². The average molecular weight is 263 g/mol. The van der Waals surface area contributed by atoms with E-state index in [2.05, 4.69) is 11.8 Å². The number of nitrogens with two attached hydrogens (primary N) is 1. The molecule has 4 heteroatoms. The van der Waals surface area contributed by atoms with Crippen molar-refractivity contribution >= 4 is 11.6 Å². The van der Waals surface area contributed by atoms with Crippen molar-refractivity contribution < 1.29 is 4.79 Å². The first kappa shape index (κ1) is 15.5. The Balaban J connectivity index is 2.49. The molecule has 1 rings (SSSR count). The van der Waals surface area contributed by atoms with Gasteiger partial charge in [0.2, 0.25) is 5.91 Å². The third-order valence-corrected chi connectivity index (χ3v) is 3.29. The van der Waals surface area contributed by atoms with Crippen molar-refractivity contribution in [3.05, 3.63) is 29.8 Å². The summed E-state index contributed by atoms with van der Waals surface area (Å²) in [6.45, 7) is 3.72. The van der Waals surface area contributed by atoms with E-state index in [0.717, 1.165) is 24.3 Å². The fourth-order valence-corrected chi connectivity index (χ4v) is 1.83. The number of amides is 1. The van der Waals surface area contributed by atoms with Crippen LogP contribution in [-0.2, 0) is 4.79 Å². The van der Waals surface area contributed by atoms with Crippen LogP contribution in [0.2, 0.25) is 0 Å². The first-order valence-corrected chi connectivity index (χ1v) is 6.64. The smallest absolute Gasteiger partial charge is 0.222 e. The zero-order valence-electron chi connectivity index (χ0n) is 12.4. The molecule has 0 bridgehead atoms. The SMILES string of the molecule is CC(CC(=O)N(C)CCN(C)C)c1ccc(N)cc1. The van der Waals surface area contributed by atoms with Crippen molar-refractivity contribution in [2.45, 2.75) is 19.3 Å². The quantitative estimate of drug-likeness (QED) is 0.796. The van der Waals surface area contributed by atoms with E-state index in [4.69, 9.17) is 5.73 Å². The van der Waals surface area contributed by atoms with Crippen LogP contribution >= 0.6 is 0 Å². The Morgan fingerprint density at radius 2 is 1.74 bits per heavy atom. The molecule has 0 radical (unpaired) electrons. The predicted molar refractivity (Wildman–Crippen MR) is 80.1 cm³/mol. The highest BCUT2D eigenvalue weighted by molar-refractivity contribution is 5.76. The van der Waals surface area contributed by atoms with Crippen LogP contribution in [0.15, 0.2) is 24.3 Å². The normalized spacial score (nSPS) is 12.5. The number of nitrogen functional groups attached to an aromatic ring is 1. The zero-order valence-corrected chi connectivity index (χ0v) is 12.4. The summed E-state index contributed by atoms with van der Waals surface area (Å²) in [6.07, 6.45) is 0.536. The Kier molecular flexibility index (Phi) is 5.83. The maximum absolute atomic E-state index is 12.1. The monoisotopic (exact) mass is 263 g/mol. The van der Waals surface area contributed by atoms with E-state index in [9.17, 15) is 4.79 Å². The summed E-state index contributed by atoms with van der Waals surface area (Å²) in [5, 5.41) is 0. The lowest BCUT2D eigenvalue weighted by molar-refractivity contribution is -0.130. The summed E-state index contributed by atoms with van der Waals surface area (Å²) in [5.74, 6) is 0.404. The van der Waals surface area contributed by atoms with Gasteiger partial charge in [0.05, 0.1) is 0 Å². The van der Waals surface area contributed by atoms with Crippen molar-refractivity contribution in [1.82, 2.24) is 9.80 Å². The van der Waals surface area contributed by atoms with E-state index in [1.807, 2.05) is 45.4 Å². The summed E-state index contributed by atoms with van der Waals surface area (Å²) in [5.41, 5.74) is 7.58. The molecule has 0 fully saturated rings. The number of carbonyl (C=O) groups excluding carboxylic acids is 1. The van der Waals surface area contributed by atoms with Gasteiger partial charge in [0.15, 0.2) is 0 Å². The molecule has 0 aliphatic heterocycles. The van der Waals surface area contributed by atoms with Crippen molar-refractivity contribution in [3.8, 4) is 0 Å². The van der Waals surface area contributed by atoms with E-state index in [0.29, 0.717) is 6.42 Å². The number of hydrogen-bond donors (Lipinski definition) is 1. The molecular weight excluding hydrogens is 238 g/mol. The Morgan fingerprint density at radius 3 is 2.26 bits per heavy atom. The summed E-state index contributed by atoms with van der Waals surface area (Å²) in [6, 6.07) is 7.75. The van der Waals surface area contributed by atoms with Crippen LogP contribution in [0, 0.1) is 0 Å². The Morgan fingerprint density at radius 1 is 1.16 bits per heavy atom. The van der Waals surface area contributed by atoms with Crippen molar-refractivity contribution in [2.24, 2.45) is 0 Å². The molecule has 1 aromatic rings. The van der Waals surface area contributed by atoms with E-state index in [-0.39, 0.29) is 11.8 Å². The van der Waals surface area contributed by atoms with Crippen LogP contribution in [0.1, 0.15) is 24.8 Å². The number of likely N-dealkylation sites (N-methyl/N-ethyl adjacent to an activating group) is 2. The molecule has 2 N–H and O–H groups in total. The molecule has 106 valence electrons. The number of benzene rings is 1. The average Bonchev–Trinajstić information content (AvgIpc) is 2.36. The van der Waals surface area contributed by atoms with Crippen LogP contribution in [-0.4, -0.2) is 49.9 Å². The third-order valence-electron chi connectivity index (χ3n) is 3.29. The van der Waals surface area contributed by atoms with Gasteiger partial charge >= 0.3 is 0 Å². The molecule has 0 aliphatic carbocycles. The van der Waals surface area contributed by atoms with Crippen LogP contribution in [0.25, 0.3) is 0 Å². The lowest BCUT2D eigenvalue weighted by Crippen LogP contribution is -2.34. The number of hydrogen-bond acceptors (Lipinski definition) is 3. The molecule has 0 aromatic heterocycles. The molecule has 0 heterocycles. The molecule has 4 nitrogen and oxygen atoms in total. The number of carbonyl (C=O) groups is 1. The first-order chi connectivity index (χ1) is 8.90. The van der Waals surface area contributed by atoms with Gasteiger partial charge in [0.25, 0.3) is 0 Å². The van der Waals surface area contributed by atoms with Gasteiger partial charge in [0.1, 0.15) is 0 Å². The summed E-state index contributed by atoms with van der Waals surface area (Å²) in [7, 11) is 5.88. The molecule has 19 heavy (non-hydrogen) atoms. The maximum Gasteiger partial charge on any atom is 0.222 e. The molecule has 1 atom stereocenters. The fraction of sp³-hybridized carbons (Fsp3) is 0.533. The highest BCUT2D eigenvalue weighted by Gasteiger charge is 2.14. The van der Waals surface area contributed by atoms with Gasteiger partial charge < -0.3 is 15.5 Å². The minimum atomic E-state index is 0.186. The van der Waals surface area contributed by atoms with Crippen LogP contribution in [0.4, 0.5) is 5.69 Å². The number of nitrogens with zero attached hydrogens (tertiary/aromatic N) is 2. The maximum atomic E-state index is 12.1. The number of anilines is 1. The highest BCUT2D eigenvalue weighted by Crippen LogP contribution is 2.20. The number of rotatable bonds is 6. The largest absolute Gasteiger partial charge is 0.399 e. The summed E-state index contributed by atoms with van der Waals surface area (Å²) >= 11 is 0. The molecule has 0 saturated heterocycles. The Labute approximate surface area is 116 Å². The van der Waals surface area contributed by atoms with E-state index in [1.165, 1.54) is 0 Å². The molecule has 1 unspecified atom stereocenters. The van der Waals surface area contributed by atoms with Gasteiger partial charge in [-0.3, -0.25) is 4.79 Å². The standard InChI is InChI=1S/C15H25N3O/c1-12(13-5-7-14(16)8-6-13)11-15(19)18(4)10-9-17(2)3/h5-8,12H,9-11,16H2,1-4H3. The molecule has 0 saturated carbocycles.